The average Bonchev–Trinajstić information content (AvgIpc) is 3.10. The Morgan fingerprint density at radius 1 is 0.707 bits per heavy atom. The van der Waals surface area contributed by atoms with Crippen molar-refractivity contribution in [3.63, 3.8) is 0 Å². The lowest BCUT2D eigenvalue weighted by Crippen LogP contribution is -2.64. The van der Waals surface area contributed by atoms with Crippen LogP contribution in [0.4, 0.5) is 0 Å². The van der Waals surface area contributed by atoms with Gasteiger partial charge in [-0.1, -0.05) is 6.92 Å². The van der Waals surface area contributed by atoms with E-state index in [0.717, 1.165) is 24.3 Å². The molecule has 2 atom stereocenters. The van der Waals surface area contributed by atoms with Crippen LogP contribution in [0.2, 0.25) is 24.2 Å². The fourth-order valence-corrected chi connectivity index (χ4v) is 19.0. The predicted molar refractivity (Wildman–Crippen MR) is 218 cm³/mol. The molecule has 58 heavy (non-hydrogen) atoms. The summed E-state index contributed by atoms with van der Waals surface area (Å²) in [5.41, 5.74) is 17.0. The molecule has 18 N–H and O–H groups in total. The minimum atomic E-state index is -4.87. The van der Waals surface area contributed by atoms with E-state index in [1.165, 1.54) is 6.92 Å². The Kier molecular flexibility index (Phi) is 20.0. The highest BCUT2D eigenvalue weighted by atomic mass is 32.3. The van der Waals surface area contributed by atoms with Crippen molar-refractivity contribution in [2.45, 2.75) is 86.3 Å². The molecule has 0 radical (unpaired) electrons. The van der Waals surface area contributed by atoms with Gasteiger partial charge in [0.1, 0.15) is 22.4 Å². The number of phenols is 1. The lowest BCUT2D eigenvalue weighted by Gasteiger charge is -2.37. The van der Waals surface area contributed by atoms with Crippen LogP contribution in [0.15, 0.2) is 34.1 Å². The first-order valence-corrected chi connectivity index (χ1v) is 29.0. The van der Waals surface area contributed by atoms with Gasteiger partial charge in [-0.05, 0) is 99.6 Å². The number of amides is 1. The maximum absolute atomic E-state index is 13.0. The SMILES string of the molecule is CCc1cc(S(=O)(=O)O)cc(Cc2cc(S(O)(O)O)cc(C)c2O)c1OCC(=O)NCCC[Si](O)(O[Si](O)(O)CCCN)O[Si](O)(CCCN)O[Si](O)(O)CCCN. The number of benzene rings is 2. The van der Waals surface area contributed by atoms with E-state index >= 15 is 0 Å². The van der Waals surface area contributed by atoms with Crippen LogP contribution in [0.3, 0.4) is 0 Å². The predicted octanol–water partition coefficient (Wildman–Crippen LogP) is -0.626. The molecule has 0 spiro atoms. The minimum Gasteiger partial charge on any atom is -0.507 e. The topological polar surface area (TPSA) is 401 Å². The first-order chi connectivity index (χ1) is 26.7. The molecule has 2 aromatic carbocycles. The molecule has 0 fully saturated rings. The quantitative estimate of drug-likeness (QED) is 0.0301. The van der Waals surface area contributed by atoms with Gasteiger partial charge in [0, 0.05) is 42.7 Å². The number of rotatable bonds is 27. The van der Waals surface area contributed by atoms with Gasteiger partial charge in [-0.25, -0.2) is 0 Å². The molecule has 2 unspecified atom stereocenters. The van der Waals surface area contributed by atoms with Gasteiger partial charge in [0.25, 0.3) is 16.0 Å². The van der Waals surface area contributed by atoms with Crippen LogP contribution < -0.4 is 27.3 Å². The second kappa shape index (κ2) is 22.2. The van der Waals surface area contributed by atoms with E-state index in [1.807, 2.05) is 0 Å². The lowest BCUT2D eigenvalue weighted by molar-refractivity contribution is -0.123. The zero-order valence-electron chi connectivity index (χ0n) is 32.2. The van der Waals surface area contributed by atoms with Crippen molar-refractivity contribution in [3.05, 3.63) is 46.5 Å². The Labute approximate surface area is 343 Å². The van der Waals surface area contributed by atoms with Crippen molar-refractivity contribution in [3.8, 4) is 11.5 Å². The minimum absolute atomic E-state index is 0.00283. The summed E-state index contributed by atoms with van der Waals surface area (Å²) in [6.45, 7) is 2.33. The van der Waals surface area contributed by atoms with Crippen LogP contribution in [-0.4, -0.2) is 134 Å². The molecule has 0 bridgehead atoms. The Balaban J connectivity index is 2.33. The van der Waals surface area contributed by atoms with Crippen LogP contribution in [0.5, 0.6) is 11.5 Å². The van der Waals surface area contributed by atoms with Crippen LogP contribution in [0.1, 0.15) is 54.9 Å². The van der Waals surface area contributed by atoms with Gasteiger partial charge in [-0.15, -0.1) is 0 Å². The average molecular weight is 939 g/mol. The number of nitrogens with two attached hydrogens (primary N) is 3. The molecular formula is C30H58N4O18S2Si4. The molecule has 0 aliphatic heterocycles. The van der Waals surface area contributed by atoms with Crippen molar-refractivity contribution in [1.29, 1.82) is 0 Å². The summed E-state index contributed by atoms with van der Waals surface area (Å²) >= 11 is 0. The van der Waals surface area contributed by atoms with Crippen molar-refractivity contribution < 1.29 is 82.4 Å². The molecule has 22 nitrogen and oxygen atoms in total. The maximum Gasteiger partial charge on any atom is 0.488 e. The molecule has 0 aromatic heterocycles. The zero-order valence-corrected chi connectivity index (χ0v) is 37.9. The van der Waals surface area contributed by atoms with Gasteiger partial charge in [0.15, 0.2) is 6.61 Å². The first-order valence-electron chi connectivity index (χ1n) is 18.1. The highest BCUT2D eigenvalue weighted by Gasteiger charge is 2.56. The Hall–Kier alpha value is -1.96. The third-order valence-electron chi connectivity index (χ3n) is 8.36. The third kappa shape index (κ3) is 17.2. The summed E-state index contributed by atoms with van der Waals surface area (Å²) in [6.07, 6.45) is -0.0685. The van der Waals surface area contributed by atoms with E-state index in [-0.39, 0.29) is 121 Å². The summed E-state index contributed by atoms with van der Waals surface area (Å²) in [4.78, 5) is 77.4. The van der Waals surface area contributed by atoms with E-state index in [1.54, 1.807) is 6.92 Å². The largest absolute Gasteiger partial charge is 0.507 e. The Morgan fingerprint density at radius 2 is 1.19 bits per heavy atom. The van der Waals surface area contributed by atoms with Crippen LogP contribution in [0, 0.1) is 6.92 Å². The van der Waals surface area contributed by atoms with E-state index in [4.69, 9.17) is 34.3 Å². The summed E-state index contributed by atoms with van der Waals surface area (Å²) in [5.74, 6) is -1.06. The summed E-state index contributed by atoms with van der Waals surface area (Å²) in [6, 6.07) is 2.91. The van der Waals surface area contributed by atoms with Gasteiger partial charge in [-0.3, -0.25) is 9.35 Å². The lowest BCUT2D eigenvalue weighted by atomic mass is 9.98. The van der Waals surface area contributed by atoms with Gasteiger partial charge >= 0.3 is 35.2 Å². The second-order valence-electron chi connectivity index (χ2n) is 13.5. The molecular weight excluding hydrogens is 881 g/mol. The summed E-state index contributed by atoms with van der Waals surface area (Å²) in [5, 5.41) is 13.3. The number of phenolic OH excluding ortho intramolecular Hbond substituents is 1. The van der Waals surface area contributed by atoms with Crippen LogP contribution in [0.25, 0.3) is 0 Å². The van der Waals surface area contributed by atoms with Crippen molar-refractivity contribution in [2.75, 3.05) is 32.8 Å². The molecule has 2 aromatic rings. The van der Waals surface area contributed by atoms with Crippen molar-refractivity contribution in [1.82, 2.24) is 5.32 Å². The Morgan fingerprint density at radius 3 is 1.67 bits per heavy atom. The fourth-order valence-electron chi connectivity index (χ4n) is 5.59. The summed E-state index contributed by atoms with van der Waals surface area (Å²) in [7, 11) is -27.9. The molecule has 334 valence electrons. The number of carbonyl (C=O) groups excluding carboxylic acids is 1. The summed E-state index contributed by atoms with van der Waals surface area (Å²) < 4.78 is 85.8. The number of hydrogen-bond acceptors (Lipinski definition) is 20. The van der Waals surface area contributed by atoms with Gasteiger partial charge in [0.2, 0.25) is 0 Å². The monoisotopic (exact) mass is 938 g/mol. The molecule has 0 heterocycles. The van der Waals surface area contributed by atoms with Crippen molar-refractivity contribution in [2.24, 2.45) is 17.2 Å². The smallest absolute Gasteiger partial charge is 0.488 e. The second-order valence-corrected chi connectivity index (χ2v) is 26.7. The van der Waals surface area contributed by atoms with Gasteiger partial charge in [-0.2, -0.15) is 8.42 Å². The molecule has 0 saturated heterocycles. The number of ether oxygens (including phenoxy) is 1. The molecule has 28 heteroatoms. The maximum atomic E-state index is 13.0. The fraction of sp³-hybridized carbons (Fsp3) is 0.567. The number of nitrogens with one attached hydrogen (secondary N) is 1. The molecule has 1 amide bonds. The number of carbonyl (C=O) groups is 1. The Bertz CT molecular complexity index is 1780. The highest BCUT2D eigenvalue weighted by molar-refractivity contribution is 8.19. The third-order valence-corrected chi connectivity index (χ3v) is 21.8. The first kappa shape index (κ1) is 52.2. The number of hydrogen-bond donors (Lipinski definition) is 15. The standard InChI is InChI=1S/C30H58N4O18S2Si4/c1-3-23-18-27(54(40,41)42)20-25(17-24-19-26(53(37,38)39)16-22(2)29(24)36)30(23)49-21-28(35)34-11-7-15-58(48,51-56(45,46)13-5-9-32)52-57(47,14-6-10-33)50-55(43,44)12-4-8-31/h16,18-20,36-39,43-48H,3-15,17,21,31-33H2,1-2H3,(H,34,35)(H,40,41,42). The molecule has 2 rings (SSSR count). The van der Waals surface area contributed by atoms with Crippen molar-refractivity contribution >= 4 is 62.1 Å². The van der Waals surface area contributed by atoms with E-state index in [0.29, 0.717) is 0 Å². The molecule has 0 aliphatic rings. The van der Waals surface area contributed by atoms with E-state index in [2.05, 4.69) is 5.32 Å². The number of aromatic hydroxyl groups is 1. The van der Waals surface area contributed by atoms with Crippen LogP contribution in [-0.2, 0) is 40.1 Å². The number of aryl methyl sites for hydroxylation is 2. The van der Waals surface area contributed by atoms with Gasteiger partial charge in [0.05, 0.1) is 9.79 Å². The van der Waals surface area contributed by atoms with Crippen LogP contribution >= 0.6 is 10.9 Å². The normalized spacial score (nSPS) is 15.2. The highest BCUT2D eigenvalue weighted by Crippen LogP contribution is 2.46. The zero-order chi connectivity index (χ0) is 44.2. The van der Waals surface area contributed by atoms with E-state index in [9.17, 15) is 65.3 Å². The van der Waals surface area contributed by atoms with Gasteiger partial charge < -0.3 is 87.1 Å². The molecule has 0 aliphatic carbocycles. The molecule has 0 saturated carbocycles. The van der Waals surface area contributed by atoms with E-state index < -0.39 is 79.7 Å².